The van der Waals surface area contributed by atoms with Crippen LogP contribution in [0.25, 0.3) is 0 Å². The van der Waals surface area contributed by atoms with E-state index in [1.165, 1.54) is 0 Å². The second kappa shape index (κ2) is 11.7. The molecule has 202 valence electrons. The Labute approximate surface area is 222 Å². The number of anilines is 3. The number of aromatic nitrogens is 3. The van der Waals surface area contributed by atoms with Crippen LogP contribution in [0.1, 0.15) is 75.7 Å². The minimum absolute atomic E-state index is 0.0325. The first-order valence-corrected chi connectivity index (χ1v) is 14.0. The molecule has 10 heteroatoms. The summed E-state index contributed by atoms with van der Waals surface area (Å²) in [5.74, 6) is -0.394. The molecule has 3 N–H and O–H groups in total. The lowest BCUT2D eigenvalue weighted by Crippen LogP contribution is -2.39. The van der Waals surface area contributed by atoms with Gasteiger partial charge in [0, 0.05) is 49.1 Å². The molecule has 3 fully saturated rings. The lowest BCUT2D eigenvalue weighted by molar-refractivity contribution is -0.0494. The van der Waals surface area contributed by atoms with Crippen molar-refractivity contribution < 1.29 is 13.9 Å². The fourth-order valence-electron chi connectivity index (χ4n) is 5.96. The normalized spacial score (nSPS) is 25.6. The van der Waals surface area contributed by atoms with E-state index in [1.54, 1.807) is 12.3 Å². The average molecular weight is 535 g/mol. The molecule has 0 radical (unpaired) electrons. The van der Waals surface area contributed by atoms with Gasteiger partial charge in [-0.2, -0.15) is 4.98 Å². The Morgan fingerprint density at radius 1 is 1.03 bits per heavy atom. The Morgan fingerprint density at radius 2 is 1.76 bits per heavy atom. The van der Waals surface area contributed by atoms with Crippen molar-refractivity contribution >= 4 is 29.1 Å². The summed E-state index contributed by atoms with van der Waals surface area (Å²) in [6.07, 6.45) is 10.1. The van der Waals surface area contributed by atoms with Crippen molar-refractivity contribution in [2.45, 2.75) is 88.2 Å². The number of hydrogen-bond acceptors (Lipinski definition) is 7. The quantitative estimate of drug-likeness (QED) is 0.376. The number of aliphatic hydroxyl groups excluding tert-OH is 1. The van der Waals surface area contributed by atoms with E-state index in [2.05, 4.69) is 25.5 Å². The third-order valence-electron chi connectivity index (χ3n) is 8.22. The van der Waals surface area contributed by atoms with E-state index >= 15 is 0 Å². The van der Waals surface area contributed by atoms with Crippen LogP contribution in [0.4, 0.5) is 26.2 Å². The highest BCUT2D eigenvalue weighted by molar-refractivity contribution is 6.29. The van der Waals surface area contributed by atoms with Crippen molar-refractivity contribution in [3.63, 3.8) is 0 Å². The molecule has 2 saturated carbocycles. The van der Waals surface area contributed by atoms with Crippen molar-refractivity contribution in [2.75, 3.05) is 30.3 Å². The van der Waals surface area contributed by atoms with Gasteiger partial charge in [-0.3, -0.25) is 0 Å². The molecule has 37 heavy (non-hydrogen) atoms. The maximum atomic E-state index is 13.5. The monoisotopic (exact) mass is 534 g/mol. The number of halogens is 3. The van der Waals surface area contributed by atoms with Crippen LogP contribution in [0, 0.1) is 5.92 Å². The lowest BCUT2D eigenvalue weighted by atomic mass is 9.85. The van der Waals surface area contributed by atoms with E-state index in [9.17, 15) is 13.9 Å². The number of likely N-dealkylation sites (tertiary alicyclic amines) is 1. The SMILES string of the molecule is O[C@H]1CC[C@H](Nc2nc(Nc3ccnc(Cl)c3)ncc2C2CCN(CC3CCC(F)(F)CC3)CC2)CC1. The van der Waals surface area contributed by atoms with Gasteiger partial charge in [0.1, 0.15) is 11.0 Å². The zero-order chi connectivity index (χ0) is 25.8. The van der Waals surface area contributed by atoms with Crippen molar-refractivity contribution in [1.29, 1.82) is 0 Å². The van der Waals surface area contributed by atoms with E-state index in [0.29, 0.717) is 35.8 Å². The average Bonchev–Trinajstić information content (AvgIpc) is 2.88. The maximum Gasteiger partial charge on any atom is 0.248 e. The van der Waals surface area contributed by atoms with Gasteiger partial charge in [-0.1, -0.05) is 11.6 Å². The summed E-state index contributed by atoms with van der Waals surface area (Å²) < 4.78 is 27.1. The van der Waals surface area contributed by atoms with E-state index in [1.807, 2.05) is 12.3 Å². The molecule has 0 amide bonds. The zero-order valence-corrected chi connectivity index (χ0v) is 21.9. The van der Waals surface area contributed by atoms with Crippen LogP contribution in [0.3, 0.4) is 0 Å². The fourth-order valence-corrected chi connectivity index (χ4v) is 6.14. The third kappa shape index (κ3) is 7.27. The summed E-state index contributed by atoms with van der Waals surface area (Å²) in [5, 5.41) is 17.2. The molecule has 0 spiro atoms. The lowest BCUT2D eigenvalue weighted by Gasteiger charge is -2.37. The van der Waals surface area contributed by atoms with Gasteiger partial charge in [-0.25, -0.2) is 18.7 Å². The van der Waals surface area contributed by atoms with Gasteiger partial charge in [0.05, 0.1) is 6.10 Å². The molecular weight excluding hydrogens is 498 g/mol. The predicted molar refractivity (Wildman–Crippen MR) is 142 cm³/mol. The molecule has 7 nitrogen and oxygen atoms in total. The Bertz CT molecular complexity index is 1030. The number of nitrogens with zero attached hydrogens (tertiary/aromatic N) is 4. The van der Waals surface area contributed by atoms with E-state index in [-0.39, 0.29) is 25.0 Å². The Kier molecular flexibility index (Phi) is 8.41. The van der Waals surface area contributed by atoms with E-state index in [4.69, 9.17) is 16.6 Å². The number of alkyl halides is 2. The molecule has 2 aliphatic carbocycles. The summed E-state index contributed by atoms with van der Waals surface area (Å²) in [6.45, 7) is 2.84. The number of rotatable bonds is 7. The first kappa shape index (κ1) is 26.5. The summed E-state index contributed by atoms with van der Waals surface area (Å²) in [7, 11) is 0. The van der Waals surface area contributed by atoms with Gasteiger partial charge in [0.15, 0.2) is 0 Å². The standard InChI is InChI=1S/C27H37ClF2N6O/c28-24-15-21(7-12-31-24)34-26-32-16-23(25(35-26)33-20-1-3-22(37)4-2-20)19-8-13-36(14-9-19)17-18-5-10-27(29,30)11-6-18/h7,12,15-16,18-20,22,37H,1-6,8-11,13-14,17H2,(H2,31,32,33,34,35)/t20-,22-. The van der Waals surface area contributed by atoms with Crippen LogP contribution in [-0.2, 0) is 0 Å². The molecule has 0 aromatic carbocycles. The molecule has 2 aromatic rings. The molecule has 2 aromatic heterocycles. The largest absolute Gasteiger partial charge is 0.393 e. The van der Waals surface area contributed by atoms with E-state index < -0.39 is 5.92 Å². The summed E-state index contributed by atoms with van der Waals surface area (Å²) in [5.41, 5.74) is 1.90. The van der Waals surface area contributed by atoms with Crippen molar-refractivity contribution in [3.05, 3.63) is 35.2 Å². The van der Waals surface area contributed by atoms with Crippen LogP contribution < -0.4 is 10.6 Å². The Balaban J connectivity index is 1.25. The highest BCUT2D eigenvalue weighted by Crippen LogP contribution is 2.38. The molecule has 5 rings (SSSR count). The molecule has 3 heterocycles. The first-order chi connectivity index (χ1) is 17.8. The van der Waals surface area contributed by atoms with Crippen LogP contribution >= 0.6 is 11.6 Å². The molecular formula is C27H37ClF2N6O. The van der Waals surface area contributed by atoms with Crippen LogP contribution in [0.5, 0.6) is 0 Å². The van der Waals surface area contributed by atoms with Gasteiger partial charge in [-0.05, 0) is 88.4 Å². The highest BCUT2D eigenvalue weighted by atomic mass is 35.5. The van der Waals surface area contributed by atoms with Crippen LogP contribution in [0.2, 0.25) is 5.15 Å². The molecule has 1 aliphatic heterocycles. The van der Waals surface area contributed by atoms with Crippen molar-refractivity contribution in [2.24, 2.45) is 5.92 Å². The van der Waals surface area contributed by atoms with E-state index in [0.717, 1.165) is 75.2 Å². The van der Waals surface area contributed by atoms with Crippen LogP contribution in [-0.4, -0.2) is 62.7 Å². The summed E-state index contributed by atoms with van der Waals surface area (Å²) in [6, 6.07) is 3.82. The van der Waals surface area contributed by atoms with Gasteiger partial charge in [0.25, 0.3) is 0 Å². The molecule has 3 aliphatic rings. The Hall–Kier alpha value is -2.10. The van der Waals surface area contributed by atoms with Gasteiger partial charge in [-0.15, -0.1) is 0 Å². The van der Waals surface area contributed by atoms with Crippen molar-refractivity contribution in [3.8, 4) is 0 Å². The minimum Gasteiger partial charge on any atom is -0.393 e. The smallest absolute Gasteiger partial charge is 0.248 e. The van der Waals surface area contributed by atoms with Crippen LogP contribution in [0.15, 0.2) is 24.5 Å². The topological polar surface area (TPSA) is 86.2 Å². The molecule has 0 unspecified atom stereocenters. The molecule has 0 bridgehead atoms. The fraction of sp³-hybridized carbons (Fsp3) is 0.667. The van der Waals surface area contributed by atoms with Gasteiger partial charge < -0.3 is 20.6 Å². The maximum absolute atomic E-state index is 13.5. The van der Waals surface area contributed by atoms with Gasteiger partial charge in [0.2, 0.25) is 11.9 Å². The van der Waals surface area contributed by atoms with Gasteiger partial charge >= 0.3 is 0 Å². The Morgan fingerprint density at radius 3 is 2.46 bits per heavy atom. The number of piperidine rings is 1. The zero-order valence-electron chi connectivity index (χ0n) is 21.2. The van der Waals surface area contributed by atoms with Crippen molar-refractivity contribution in [1.82, 2.24) is 19.9 Å². The minimum atomic E-state index is -2.46. The number of pyridine rings is 1. The predicted octanol–water partition coefficient (Wildman–Crippen LogP) is 5.99. The third-order valence-corrected chi connectivity index (χ3v) is 8.42. The molecule has 1 saturated heterocycles. The molecule has 0 atom stereocenters. The summed E-state index contributed by atoms with van der Waals surface area (Å²) >= 11 is 6.03. The highest BCUT2D eigenvalue weighted by Gasteiger charge is 2.36. The second-order valence-electron chi connectivity index (χ2n) is 11.0. The second-order valence-corrected chi connectivity index (χ2v) is 11.4. The number of aliphatic hydroxyl groups is 1. The first-order valence-electron chi connectivity index (χ1n) is 13.6. The summed E-state index contributed by atoms with van der Waals surface area (Å²) in [4.78, 5) is 16.0. The number of hydrogen-bond donors (Lipinski definition) is 3. The number of nitrogens with one attached hydrogen (secondary N) is 2.